The van der Waals surface area contributed by atoms with Crippen LogP contribution in [0.4, 0.5) is 10.1 Å². The van der Waals surface area contributed by atoms with Gasteiger partial charge in [0.2, 0.25) is 0 Å². The molecule has 1 aliphatic rings. The number of anilines is 1. The van der Waals surface area contributed by atoms with Gasteiger partial charge in [-0.05, 0) is 72.9 Å². The highest BCUT2D eigenvalue weighted by molar-refractivity contribution is 7.80. The number of aromatic nitrogens is 3. The molecule has 5 nitrogen and oxygen atoms in total. The molecule has 1 N–H and O–H groups in total. The summed E-state index contributed by atoms with van der Waals surface area (Å²) in [4.78, 5) is 10.9. The average Bonchev–Trinajstić information content (AvgIpc) is 3.40. The average molecular weight is 415 g/mol. The van der Waals surface area contributed by atoms with E-state index in [1.165, 1.54) is 12.1 Å². The van der Waals surface area contributed by atoms with E-state index in [9.17, 15) is 4.39 Å². The molecule has 0 radical (unpaired) electrons. The summed E-state index contributed by atoms with van der Waals surface area (Å²) in [5.41, 5.74) is 3.68. The fourth-order valence-electron chi connectivity index (χ4n) is 3.90. The van der Waals surface area contributed by atoms with Crippen LogP contribution in [0.3, 0.4) is 0 Å². The van der Waals surface area contributed by atoms with Gasteiger partial charge >= 0.3 is 0 Å². The van der Waals surface area contributed by atoms with Gasteiger partial charge in [0, 0.05) is 30.0 Å². The highest BCUT2D eigenvalue weighted by Gasteiger charge is 2.42. The van der Waals surface area contributed by atoms with Crippen molar-refractivity contribution >= 4 is 23.0 Å². The van der Waals surface area contributed by atoms with Gasteiger partial charge in [-0.15, -0.1) is 0 Å². The molecular formula is C23H18FN5S. The first-order chi connectivity index (χ1) is 14.7. The Morgan fingerprint density at radius 3 is 2.50 bits per heavy atom. The SMILES string of the molecule is Fc1ccc(N2C(=S)N[C@H](c3ccccn3)[C@@H]2c2cccn2-c2cccnc2)cc1. The zero-order valence-electron chi connectivity index (χ0n) is 15.9. The molecule has 0 spiro atoms. The van der Waals surface area contributed by atoms with E-state index in [2.05, 4.69) is 25.9 Å². The fraction of sp³-hybridized carbons (Fsp3) is 0.0870. The molecule has 0 saturated carbocycles. The van der Waals surface area contributed by atoms with Crippen LogP contribution in [0.25, 0.3) is 5.69 Å². The van der Waals surface area contributed by atoms with Crippen molar-refractivity contribution in [1.82, 2.24) is 19.9 Å². The number of halogens is 1. The largest absolute Gasteiger partial charge is 0.351 e. The molecule has 1 fully saturated rings. The minimum absolute atomic E-state index is 0.172. The number of nitrogens with one attached hydrogen (secondary N) is 1. The standard InChI is InChI=1S/C23H18FN5S/c24-16-8-10-17(11-9-16)29-22(21(27-23(29)30)19-6-1-2-13-26-19)20-7-4-14-28(20)18-5-3-12-25-15-18/h1-15,21-22H,(H,27,30)/t21-,22+/m1/s1. The third-order valence-corrected chi connectivity index (χ3v) is 5.52. The van der Waals surface area contributed by atoms with Gasteiger partial charge in [-0.3, -0.25) is 9.97 Å². The van der Waals surface area contributed by atoms with E-state index in [0.717, 1.165) is 22.8 Å². The molecule has 3 aromatic heterocycles. The highest BCUT2D eigenvalue weighted by Crippen LogP contribution is 2.42. The summed E-state index contributed by atoms with van der Waals surface area (Å²) in [6.07, 6.45) is 7.35. The monoisotopic (exact) mass is 415 g/mol. The molecule has 1 aromatic carbocycles. The number of pyridine rings is 2. The molecule has 0 bridgehead atoms. The van der Waals surface area contributed by atoms with Crippen LogP contribution in [0.1, 0.15) is 23.5 Å². The third-order valence-electron chi connectivity index (χ3n) is 5.21. The summed E-state index contributed by atoms with van der Waals surface area (Å²) in [7, 11) is 0. The van der Waals surface area contributed by atoms with Gasteiger partial charge in [-0.2, -0.15) is 0 Å². The van der Waals surface area contributed by atoms with Crippen LogP contribution in [-0.2, 0) is 0 Å². The lowest BCUT2D eigenvalue weighted by Gasteiger charge is -2.29. The smallest absolute Gasteiger partial charge is 0.174 e. The van der Waals surface area contributed by atoms with Crippen molar-refractivity contribution in [3.8, 4) is 5.69 Å². The zero-order valence-corrected chi connectivity index (χ0v) is 16.7. The second-order valence-electron chi connectivity index (χ2n) is 6.99. The Morgan fingerprint density at radius 2 is 1.77 bits per heavy atom. The molecule has 2 atom stereocenters. The molecule has 0 unspecified atom stereocenters. The number of hydrogen-bond donors (Lipinski definition) is 1. The van der Waals surface area contributed by atoms with Gasteiger partial charge in [0.05, 0.1) is 23.6 Å². The van der Waals surface area contributed by atoms with Crippen molar-refractivity contribution in [2.75, 3.05) is 4.90 Å². The predicted octanol–water partition coefficient (Wildman–Crippen LogP) is 4.58. The van der Waals surface area contributed by atoms with Gasteiger partial charge in [0.15, 0.2) is 5.11 Å². The lowest BCUT2D eigenvalue weighted by Crippen LogP contribution is -2.30. The van der Waals surface area contributed by atoms with Gasteiger partial charge in [-0.25, -0.2) is 4.39 Å². The van der Waals surface area contributed by atoms with Crippen LogP contribution in [0, 0.1) is 5.82 Å². The van der Waals surface area contributed by atoms with E-state index < -0.39 is 0 Å². The Bertz CT molecular complexity index is 1160. The van der Waals surface area contributed by atoms with Crippen LogP contribution in [0.15, 0.2) is 91.5 Å². The maximum atomic E-state index is 13.6. The van der Waals surface area contributed by atoms with Crippen LogP contribution in [-0.4, -0.2) is 19.6 Å². The lowest BCUT2D eigenvalue weighted by molar-refractivity contribution is 0.549. The number of nitrogens with zero attached hydrogens (tertiary/aromatic N) is 4. The van der Waals surface area contributed by atoms with E-state index in [4.69, 9.17) is 12.2 Å². The molecule has 30 heavy (non-hydrogen) atoms. The van der Waals surface area contributed by atoms with E-state index in [1.807, 2.05) is 53.7 Å². The van der Waals surface area contributed by atoms with Crippen molar-refractivity contribution in [2.45, 2.75) is 12.1 Å². The van der Waals surface area contributed by atoms with Crippen molar-refractivity contribution in [3.63, 3.8) is 0 Å². The van der Waals surface area contributed by atoms with Crippen molar-refractivity contribution in [3.05, 3.63) is 109 Å². The Hall–Kier alpha value is -3.58. The van der Waals surface area contributed by atoms with E-state index >= 15 is 0 Å². The molecule has 7 heteroatoms. The quantitative estimate of drug-likeness (QED) is 0.494. The summed E-state index contributed by atoms with van der Waals surface area (Å²) in [5.74, 6) is -0.284. The first-order valence-electron chi connectivity index (χ1n) is 9.56. The van der Waals surface area contributed by atoms with Crippen molar-refractivity contribution in [1.29, 1.82) is 0 Å². The summed E-state index contributed by atoms with van der Waals surface area (Å²) in [6, 6.07) is 19.9. The molecule has 5 rings (SSSR count). The Labute approximate surface area is 178 Å². The Balaban J connectivity index is 1.67. The summed E-state index contributed by atoms with van der Waals surface area (Å²) < 4.78 is 15.7. The van der Waals surface area contributed by atoms with Crippen LogP contribution in [0.5, 0.6) is 0 Å². The number of hydrogen-bond acceptors (Lipinski definition) is 3. The third kappa shape index (κ3) is 3.23. The first-order valence-corrected chi connectivity index (χ1v) is 9.97. The minimum Gasteiger partial charge on any atom is -0.351 e. The van der Waals surface area contributed by atoms with Gasteiger partial charge in [-0.1, -0.05) is 6.07 Å². The van der Waals surface area contributed by atoms with E-state index in [0.29, 0.717) is 5.11 Å². The molecule has 4 heterocycles. The predicted molar refractivity (Wildman–Crippen MR) is 118 cm³/mol. The molecule has 0 amide bonds. The normalized spacial score (nSPS) is 18.4. The van der Waals surface area contributed by atoms with E-state index in [-0.39, 0.29) is 17.9 Å². The maximum absolute atomic E-state index is 13.6. The Kier molecular flexibility index (Phi) is 4.72. The molecule has 148 valence electrons. The second kappa shape index (κ2) is 7.68. The van der Waals surface area contributed by atoms with Crippen LogP contribution in [0.2, 0.25) is 0 Å². The van der Waals surface area contributed by atoms with E-state index in [1.54, 1.807) is 24.5 Å². The Morgan fingerprint density at radius 1 is 0.900 bits per heavy atom. The summed E-state index contributed by atoms with van der Waals surface area (Å²) in [6.45, 7) is 0. The highest BCUT2D eigenvalue weighted by atomic mass is 32.1. The molecule has 0 aliphatic carbocycles. The van der Waals surface area contributed by atoms with Crippen molar-refractivity contribution in [2.24, 2.45) is 0 Å². The molecule has 1 aliphatic heterocycles. The van der Waals surface area contributed by atoms with Crippen molar-refractivity contribution < 1.29 is 4.39 Å². The topological polar surface area (TPSA) is 46.0 Å². The van der Waals surface area contributed by atoms with Gasteiger partial charge in [0.25, 0.3) is 0 Å². The van der Waals surface area contributed by atoms with Gasteiger partial charge in [0.1, 0.15) is 11.9 Å². The lowest BCUT2D eigenvalue weighted by atomic mass is 10.0. The number of benzene rings is 1. The van der Waals surface area contributed by atoms with Crippen LogP contribution >= 0.6 is 12.2 Å². The first kappa shape index (κ1) is 18.4. The summed E-state index contributed by atoms with van der Waals surface area (Å²) >= 11 is 5.72. The number of thiocarbonyl (C=S) groups is 1. The number of rotatable bonds is 4. The zero-order chi connectivity index (χ0) is 20.5. The fourth-order valence-corrected chi connectivity index (χ4v) is 4.25. The summed E-state index contributed by atoms with van der Waals surface area (Å²) in [5, 5.41) is 3.99. The molecule has 1 saturated heterocycles. The van der Waals surface area contributed by atoms with Gasteiger partial charge < -0.3 is 14.8 Å². The molecular weight excluding hydrogens is 397 g/mol. The molecule has 4 aromatic rings. The second-order valence-corrected chi connectivity index (χ2v) is 7.37. The van der Waals surface area contributed by atoms with Crippen LogP contribution < -0.4 is 10.2 Å². The minimum atomic E-state index is -0.284. The maximum Gasteiger partial charge on any atom is 0.174 e.